The summed E-state index contributed by atoms with van der Waals surface area (Å²) in [6.45, 7) is 10.1. The molecule has 2 heterocycles. The monoisotopic (exact) mass is 261 g/mol. The highest BCUT2D eigenvalue weighted by Gasteiger charge is 2.38. The largest absolute Gasteiger partial charge is 0.311 e. The van der Waals surface area contributed by atoms with Crippen LogP contribution in [0, 0.1) is 0 Å². The Labute approximate surface area is 117 Å². The van der Waals surface area contributed by atoms with Crippen molar-refractivity contribution in [3.8, 4) is 0 Å². The smallest absolute Gasteiger partial charge is 0.0544 e. The van der Waals surface area contributed by atoms with Crippen LogP contribution in [0.4, 0.5) is 0 Å². The second kappa shape index (κ2) is 6.49. The Morgan fingerprint density at radius 3 is 2.68 bits per heavy atom. The van der Waals surface area contributed by atoms with E-state index in [2.05, 4.69) is 48.1 Å². The van der Waals surface area contributed by atoms with Gasteiger partial charge in [0.15, 0.2) is 0 Å². The Morgan fingerprint density at radius 2 is 2.11 bits per heavy atom. The van der Waals surface area contributed by atoms with Gasteiger partial charge in [0, 0.05) is 37.4 Å². The van der Waals surface area contributed by atoms with Crippen LogP contribution in [-0.2, 0) is 6.54 Å². The van der Waals surface area contributed by atoms with Gasteiger partial charge in [-0.25, -0.2) is 0 Å². The van der Waals surface area contributed by atoms with E-state index >= 15 is 0 Å². The molecule has 0 saturated carbocycles. The van der Waals surface area contributed by atoms with Crippen molar-refractivity contribution in [3.63, 3.8) is 0 Å². The number of nitrogens with one attached hydrogen (secondary N) is 1. The lowest BCUT2D eigenvalue weighted by Gasteiger charge is -2.49. The fraction of sp³-hybridized carbons (Fsp3) is 0.688. The highest BCUT2D eigenvalue weighted by Crippen LogP contribution is 2.28. The minimum Gasteiger partial charge on any atom is -0.311 e. The van der Waals surface area contributed by atoms with E-state index < -0.39 is 0 Å². The molecular weight excluding hydrogens is 234 g/mol. The molecule has 1 atom stereocenters. The van der Waals surface area contributed by atoms with E-state index in [1.807, 2.05) is 12.3 Å². The minimum absolute atomic E-state index is 0.295. The second-order valence-electron chi connectivity index (χ2n) is 5.62. The molecule has 1 aromatic heterocycles. The zero-order valence-corrected chi connectivity index (χ0v) is 12.5. The van der Waals surface area contributed by atoms with E-state index in [-0.39, 0.29) is 0 Å². The molecule has 3 nitrogen and oxygen atoms in total. The number of rotatable bonds is 5. The van der Waals surface area contributed by atoms with Crippen LogP contribution in [0.2, 0.25) is 0 Å². The molecular formula is C16H27N3. The van der Waals surface area contributed by atoms with Gasteiger partial charge < -0.3 is 5.32 Å². The third kappa shape index (κ3) is 3.15. The fourth-order valence-electron chi connectivity index (χ4n) is 3.11. The Balaban J connectivity index is 2.15. The van der Waals surface area contributed by atoms with Crippen LogP contribution >= 0.6 is 0 Å². The van der Waals surface area contributed by atoms with Crippen LogP contribution in [0.3, 0.4) is 0 Å². The molecule has 19 heavy (non-hydrogen) atoms. The average molecular weight is 261 g/mol. The lowest BCUT2D eigenvalue weighted by Crippen LogP contribution is -2.63. The quantitative estimate of drug-likeness (QED) is 0.883. The van der Waals surface area contributed by atoms with Crippen molar-refractivity contribution in [2.45, 2.75) is 58.2 Å². The summed E-state index contributed by atoms with van der Waals surface area (Å²) in [6, 6.07) is 6.83. The van der Waals surface area contributed by atoms with Crippen molar-refractivity contribution < 1.29 is 0 Å². The summed E-state index contributed by atoms with van der Waals surface area (Å²) in [5.41, 5.74) is 1.48. The van der Waals surface area contributed by atoms with Crippen LogP contribution in [0.5, 0.6) is 0 Å². The molecule has 1 unspecified atom stereocenters. The Hall–Kier alpha value is -0.930. The van der Waals surface area contributed by atoms with Gasteiger partial charge in [-0.2, -0.15) is 0 Å². The summed E-state index contributed by atoms with van der Waals surface area (Å²) in [6.07, 6.45) is 5.48. The van der Waals surface area contributed by atoms with Crippen molar-refractivity contribution in [1.29, 1.82) is 0 Å². The molecule has 0 aliphatic carbocycles. The maximum Gasteiger partial charge on any atom is 0.0544 e. The second-order valence-corrected chi connectivity index (χ2v) is 5.62. The summed E-state index contributed by atoms with van der Waals surface area (Å²) in [5.74, 6) is 0. The fourth-order valence-corrected chi connectivity index (χ4v) is 3.11. The van der Waals surface area contributed by atoms with Crippen LogP contribution in [0.25, 0.3) is 0 Å². The molecule has 1 aromatic rings. The molecule has 0 radical (unpaired) electrons. The molecule has 0 amide bonds. The Morgan fingerprint density at radius 1 is 1.32 bits per heavy atom. The first kappa shape index (κ1) is 14.5. The third-order valence-corrected chi connectivity index (χ3v) is 4.72. The van der Waals surface area contributed by atoms with Crippen molar-refractivity contribution in [1.82, 2.24) is 15.2 Å². The first-order valence-corrected chi connectivity index (χ1v) is 7.62. The zero-order valence-electron chi connectivity index (χ0n) is 12.5. The summed E-state index contributed by atoms with van der Waals surface area (Å²) in [5, 5.41) is 3.72. The van der Waals surface area contributed by atoms with Crippen LogP contribution in [0.1, 0.15) is 45.7 Å². The third-order valence-electron chi connectivity index (χ3n) is 4.72. The first-order chi connectivity index (χ1) is 9.24. The van der Waals surface area contributed by atoms with E-state index in [0.29, 0.717) is 11.6 Å². The van der Waals surface area contributed by atoms with E-state index in [4.69, 9.17) is 0 Å². The SMILES string of the molecule is CCC1CN(Cc2ccccn2)C(CC)(CC)CN1. The van der Waals surface area contributed by atoms with E-state index in [1.54, 1.807) is 0 Å². The number of hydrogen-bond donors (Lipinski definition) is 1. The zero-order chi connectivity index (χ0) is 13.7. The van der Waals surface area contributed by atoms with Gasteiger partial charge in [0.05, 0.1) is 5.69 Å². The predicted octanol–water partition coefficient (Wildman–Crippen LogP) is 2.82. The van der Waals surface area contributed by atoms with Gasteiger partial charge in [-0.05, 0) is 31.4 Å². The topological polar surface area (TPSA) is 28.2 Å². The van der Waals surface area contributed by atoms with Crippen molar-refractivity contribution in [2.24, 2.45) is 0 Å². The lowest BCUT2D eigenvalue weighted by atomic mass is 9.86. The molecule has 0 bridgehead atoms. The molecule has 1 N–H and O–H groups in total. The molecule has 0 spiro atoms. The van der Waals surface area contributed by atoms with Gasteiger partial charge in [0.1, 0.15) is 0 Å². The van der Waals surface area contributed by atoms with Crippen molar-refractivity contribution in [2.75, 3.05) is 13.1 Å². The molecule has 1 saturated heterocycles. The van der Waals surface area contributed by atoms with Gasteiger partial charge in [-0.3, -0.25) is 9.88 Å². The first-order valence-electron chi connectivity index (χ1n) is 7.62. The number of piperazine rings is 1. The highest BCUT2D eigenvalue weighted by molar-refractivity contribution is 5.06. The summed E-state index contributed by atoms with van der Waals surface area (Å²) < 4.78 is 0. The molecule has 0 aromatic carbocycles. The maximum absolute atomic E-state index is 4.50. The predicted molar refractivity (Wildman–Crippen MR) is 80.0 cm³/mol. The minimum atomic E-state index is 0.295. The molecule has 1 aliphatic heterocycles. The van der Waals surface area contributed by atoms with E-state index in [9.17, 15) is 0 Å². The molecule has 2 rings (SSSR count). The number of nitrogens with zero attached hydrogens (tertiary/aromatic N) is 2. The van der Waals surface area contributed by atoms with Crippen LogP contribution in [-0.4, -0.2) is 34.6 Å². The van der Waals surface area contributed by atoms with Gasteiger partial charge >= 0.3 is 0 Å². The molecule has 106 valence electrons. The average Bonchev–Trinajstić information content (AvgIpc) is 2.48. The van der Waals surface area contributed by atoms with Crippen LogP contribution < -0.4 is 5.32 Å². The van der Waals surface area contributed by atoms with Crippen molar-refractivity contribution >= 4 is 0 Å². The van der Waals surface area contributed by atoms with E-state index in [0.717, 1.165) is 19.6 Å². The summed E-state index contributed by atoms with van der Waals surface area (Å²) in [7, 11) is 0. The van der Waals surface area contributed by atoms with Crippen LogP contribution in [0.15, 0.2) is 24.4 Å². The van der Waals surface area contributed by atoms with Gasteiger partial charge in [-0.1, -0.05) is 26.8 Å². The lowest BCUT2D eigenvalue weighted by molar-refractivity contribution is 0.0228. The van der Waals surface area contributed by atoms with Crippen molar-refractivity contribution in [3.05, 3.63) is 30.1 Å². The summed E-state index contributed by atoms with van der Waals surface area (Å²) in [4.78, 5) is 7.15. The number of pyridine rings is 1. The Kier molecular flexibility index (Phi) is 4.94. The number of aromatic nitrogens is 1. The normalized spacial score (nSPS) is 23.4. The number of hydrogen-bond acceptors (Lipinski definition) is 3. The molecule has 3 heteroatoms. The van der Waals surface area contributed by atoms with Gasteiger partial charge in [0.2, 0.25) is 0 Å². The molecule has 1 aliphatic rings. The standard InChI is InChI=1S/C16H27N3/c1-4-14-11-19(12-15-9-7-8-10-17-15)16(5-2,6-3)13-18-14/h7-10,14,18H,4-6,11-13H2,1-3H3. The van der Waals surface area contributed by atoms with E-state index in [1.165, 1.54) is 25.0 Å². The Bertz CT molecular complexity index is 373. The van der Waals surface area contributed by atoms with Gasteiger partial charge in [0.25, 0.3) is 0 Å². The molecule has 1 fully saturated rings. The van der Waals surface area contributed by atoms with Gasteiger partial charge in [-0.15, -0.1) is 0 Å². The maximum atomic E-state index is 4.50. The highest BCUT2D eigenvalue weighted by atomic mass is 15.3. The summed E-state index contributed by atoms with van der Waals surface area (Å²) >= 11 is 0.